The molecule has 0 saturated carbocycles. The minimum Gasteiger partial charge on any atom is -0.371 e. The van der Waals surface area contributed by atoms with Crippen molar-refractivity contribution in [1.29, 1.82) is 0 Å². The molecule has 1 aliphatic heterocycles. The zero-order valence-electron chi connectivity index (χ0n) is 15.0. The normalized spacial score (nSPS) is 17.6. The van der Waals surface area contributed by atoms with Gasteiger partial charge in [0.05, 0.1) is 18.4 Å². The summed E-state index contributed by atoms with van der Waals surface area (Å²) in [5.74, 6) is 0.344. The van der Waals surface area contributed by atoms with Crippen molar-refractivity contribution in [3.05, 3.63) is 89.9 Å². The van der Waals surface area contributed by atoms with Gasteiger partial charge in [0, 0.05) is 25.8 Å². The molecule has 5 heteroatoms. The van der Waals surface area contributed by atoms with Gasteiger partial charge in [0.15, 0.2) is 0 Å². The average Bonchev–Trinajstić information content (AvgIpc) is 2.72. The minimum absolute atomic E-state index is 0.106. The molecule has 4 nitrogen and oxygen atoms in total. The number of hydrogen-bond acceptors (Lipinski definition) is 4. The number of pyridine rings is 1. The highest BCUT2D eigenvalue weighted by Gasteiger charge is 2.21. The minimum atomic E-state index is -0.288. The molecule has 1 atom stereocenters. The first kappa shape index (κ1) is 17.6. The van der Waals surface area contributed by atoms with Crippen molar-refractivity contribution in [3.8, 4) is 0 Å². The Bertz CT molecular complexity index is 870. The topological polar surface area (TPSA) is 37.4 Å². The first-order valence-corrected chi connectivity index (χ1v) is 9.13. The molecule has 1 aromatic heterocycles. The molecule has 1 N–H and O–H groups in total. The van der Waals surface area contributed by atoms with Crippen molar-refractivity contribution in [3.63, 3.8) is 0 Å². The standard InChI is InChI=1S/C22H22FN3O/c23-19-8-4-5-9-20(19)25-22-11-10-17(14-24-22)15-26-12-13-27-21(16-26)18-6-2-1-3-7-18/h1-11,14,21H,12-13,15-16H2,(H,24,25). The molecule has 1 fully saturated rings. The van der Waals surface area contributed by atoms with Crippen LogP contribution >= 0.6 is 0 Å². The second-order valence-electron chi connectivity index (χ2n) is 6.66. The van der Waals surface area contributed by atoms with Crippen LogP contribution in [0.25, 0.3) is 0 Å². The van der Waals surface area contributed by atoms with E-state index in [9.17, 15) is 4.39 Å². The molecule has 4 rings (SSSR count). The lowest BCUT2D eigenvalue weighted by atomic mass is 10.1. The van der Waals surface area contributed by atoms with Crippen molar-refractivity contribution >= 4 is 11.5 Å². The quantitative estimate of drug-likeness (QED) is 0.722. The Morgan fingerprint density at radius 3 is 2.63 bits per heavy atom. The number of aromatic nitrogens is 1. The number of rotatable bonds is 5. The summed E-state index contributed by atoms with van der Waals surface area (Å²) < 4.78 is 19.7. The van der Waals surface area contributed by atoms with Crippen molar-refractivity contribution in [2.24, 2.45) is 0 Å². The summed E-state index contributed by atoms with van der Waals surface area (Å²) in [6.07, 6.45) is 1.95. The van der Waals surface area contributed by atoms with Crippen molar-refractivity contribution in [2.45, 2.75) is 12.6 Å². The highest BCUT2D eigenvalue weighted by atomic mass is 19.1. The van der Waals surface area contributed by atoms with Gasteiger partial charge in [-0.05, 0) is 29.3 Å². The number of halogens is 1. The zero-order valence-corrected chi connectivity index (χ0v) is 15.0. The molecule has 0 amide bonds. The summed E-state index contributed by atoms with van der Waals surface area (Å²) in [7, 11) is 0. The number of anilines is 2. The molecular weight excluding hydrogens is 341 g/mol. The van der Waals surface area contributed by atoms with Crippen LogP contribution in [0.4, 0.5) is 15.9 Å². The van der Waals surface area contributed by atoms with E-state index in [1.165, 1.54) is 11.6 Å². The van der Waals surface area contributed by atoms with Gasteiger partial charge in [-0.15, -0.1) is 0 Å². The number of nitrogens with one attached hydrogen (secondary N) is 1. The third-order valence-corrected chi connectivity index (χ3v) is 4.69. The number of ether oxygens (including phenoxy) is 1. The van der Waals surface area contributed by atoms with E-state index in [1.54, 1.807) is 18.2 Å². The lowest BCUT2D eigenvalue weighted by molar-refractivity contribution is -0.0329. The third kappa shape index (κ3) is 4.51. The fourth-order valence-electron chi connectivity index (χ4n) is 3.27. The fraction of sp³-hybridized carbons (Fsp3) is 0.227. The van der Waals surface area contributed by atoms with Crippen LogP contribution in [0.3, 0.4) is 0 Å². The summed E-state index contributed by atoms with van der Waals surface area (Å²) >= 11 is 0. The summed E-state index contributed by atoms with van der Waals surface area (Å²) in [6, 6.07) is 20.8. The van der Waals surface area contributed by atoms with E-state index in [2.05, 4.69) is 27.3 Å². The van der Waals surface area contributed by atoms with E-state index in [0.717, 1.165) is 31.8 Å². The van der Waals surface area contributed by atoms with Gasteiger partial charge in [-0.25, -0.2) is 9.37 Å². The smallest absolute Gasteiger partial charge is 0.146 e. The first-order chi connectivity index (χ1) is 13.3. The molecule has 2 heterocycles. The van der Waals surface area contributed by atoms with Gasteiger partial charge < -0.3 is 10.1 Å². The maximum absolute atomic E-state index is 13.7. The third-order valence-electron chi connectivity index (χ3n) is 4.69. The van der Waals surface area contributed by atoms with Gasteiger partial charge in [-0.3, -0.25) is 4.90 Å². The van der Waals surface area contributed by atoms with Crippen LogP contribution in [-0.4, -0.2) is 29.6 Å². The summed E-state index contributed by atoms with van der Waals surface area (Å²) in [4.78, 5) is 6.80. The van der Waals surface area contributed by atoms with Crippen LogP contribution in [-0.2, 0) is 11.3 Å². The van der Waals surface area contributed by atoms with Crippen molar-refractivity contribution < 1.29 is 9.13 Å². The van der Waals surface area contributed by atoms with Gasteiger partial charge in [0.1, 0.15) is 11.6 Å². The molecular formula is C22H22FN3O. The molecule has 1 aliphatic rings. The highest BCUT2D eigenvalue weighted by Crippen LogP contribution is 2.23. The Balaban J connectivity index is 1.37. The maximum Gasteiger partial charge on any atom is 0.146 e. The number of para-hydroxylation sites is 1. The maximum atomic E-state index is 13.7. The zero-order chi connectivity index (χ0) is 18.5. The Kier molecular flexibility index (Phi) is 5.42. The van der Waals surface area contributed by atoms with Crippen molar-refractivity contribution in [1.82, 2.24) is 9.88 Å². The molecule has 3 aromatic rings. The number of benzene rings is 2. The first-order valence-electron chi connectivity index (χ1n) is 9.13. The van der Waals surface area contributed by atoms with E-state index >= 15 is 0 Å². The highest BCUT2D eigenvalue weighted by molar-refractivity contribution is 5.56. The molecule has 0 radical (unpaired) electrons. The SMILES string of the molecule is Fc1ccccc1Nc1ccc(CN2CCOC(c3ccccc3)C2)cn1. The molecule has 0 spiro atoms. The molecule has 1 unspecified atom stereocenters. The summed E-state index contributed by atoms with van der Waals surface area (Å²) in [5, 5.41) is 3.01. The van der Waals surface area contributed by atoms with E-state index in [1.807, 2.05) is 36.5 Å². The molecule has 1 saturated heterocycles. The van der Waals surface area contributed by atoms with Crippen LogP contribution in [0.1, 0.15) is 17.2 Å². The molecule has 0 aliphatic carbocycles. The largest absolute Gasteiger partial charge is 0.371 e. The van der Waals surface area contributed by atoms with Crippen molar-refractivity contribution in [2.75, 3.05) is 25.0 Å². The van der Waals surface area contributed by atoms with Gasteiger partial charge in [0.2, 0.25) is 0 Å². The van der Waals surface area contributed by atoms with Gasteiger partial charge >= 0.3 is 0 Å². The summed E-state index contributed by atoms with van der Waals surface area (Å²) in [5.41, 5.74) is 2.77. The number of hydrogen-bond donors (Lipinski definition) is 1. The molecule has 138 valence electrons. The monoisotopic (exact) mass is 363 g/mol. The van der Waals surface area contributed by atoms with E-state index in [0.29, 0.717) is 11.5 Å². The van der Waals surface area contributed by atoms with Crippen LogP contribution in [0.5, 0.6) is 0 Å². The Hall–Kier alpha value is -2.76. The second-order valence-corrected chi connectivity index (χ2v) is 6.66. The summed E-state index contributed by atoms with van der Waals surface area (Å²) in [6.45, 7) is 3.30. The van der Waals surface area contributed by atoms with E-state index < -0.39 is 0 Å². The number of morpholine rings is 1. The fourth-order valence-corrected chi connectivity index (χ4v) is 3.27. The predicted molar refractivity (Wildman–Crippen MR) is 104 cm³/mol. The molecule has 0 bridgehead atoms. The van der Waals surface area contributed by atoms with E-state index in [-0.39, 0.29) is 11.9 Å². The molecule has 27 heavy (non-hydrogen) atoms. The van der Waals surface area contributed by atoms with E-state index in [4.69, 9.17) is 4.74 Å². The second kappa shape index (κ2) is 8.29. The Morgan fingerprint density at radius 1 is 1.04 bits per heavy atom. The Labute approximate surface area is 158 Å². The van der Waals surface area contributed by atoms with Crippen LogP contribution in [0, 0.1) is 5.82 Å². The predicted octanol–water partition coefficient (Wildman–Crippen LogP) is 4.54. The lowest BCUT2D eigenvalue weighted by Gasteiger charge is -2.33. The van der Waals surface area contributed by atoms with Crippen LogP contribution in [0.15, 0.2) is 72.9 Å². The number of nitrogens with zero attached hydrogens (tertiary/aromatic N) is 2. The average molecular weight is 363 g/mol. The van der Waals surface area contributed by atoms with Gasteiger partial charge in [-0.2, -0.15) is 0 Å². The lowest BCUT2D eigenvalue weighted by Crippen LogP contribution is -2.37. The molecule has 2 aromatic carbocycles. The Morgan fingerprint density at radius 2 is 1.85 bits per heavy atom. The van der Waals surface area contributed by atoms with Gasteiger partial charge in [-0.1, -0.05) is 48.5 Å². The van der Waals surface area contributed by atoms with Crippen LogP contribution in [0.2, 0.25) is 0 Å². The van der Waals surface area contributed by atoms with Crippen LogP contribution < -0.4 is 5.32 Å². The van der Waals surface area contributed by atoms with Gasteiger partial charge in [0.25, 0.3) is 0 Å².